The SMILES string of the molecule is CC1C2CC(C(=O)OCC(F)(F)C(F)(F)CC(F)(F)F)C(C2)C1C. The van der Waals surface area contributed by atoms with Crippen molar-refractivity contribution in [3.63, 3.8) is 0 Å². The topological polar surface area (TPSA) is 26.3 Å². The predicted octanol–water partition coefficient (Wildman–Crippen LogP) is 4.68. The number of alkyl halides is 7. The van der Waals surface area contributed by atoms with Crippen LogP contribution in [0.4, 0.5) is 30.7 Å². The molecule has 2 bridgehead atoms. The number of carbonyl (C=O) groups is 1. The predicted molar refractivity (Wildman–Crippen MR) is 69.6 cm³/mol. The molecule has 0 aromatic rings. The molecule has 0 aromatic heterocycles. The third kappa shape index (κ3) is 3.64. The molecule has 9 heteroatoms. The number of halogens is 7. The van der Waals surface area contributed by atoms with Crippen molar-refractivity contribution in [1.29, 1.82) is 0 Å². The number of hydrogen-bond donors (Lipinski definition) is 0. The van der Waals surface area contributed by atoms with Crippen LogP contribution in [0.15, 0.2) is 0 Å². The third-order valence-corrected chi connectivity index (χ3v) is 5.55. The lowest BCUT2D eigenvalue weighted by Crippen LogP contribution is -2.47. The van der Waals surface area contributed by atoms with E-state index in [1.54, 1.807) is 0 Å². The maximum absolute atomic E-state index is 13.4. The second kappa shape index (κ2) is 6.05. The van der Waals surface area contributed by atoms with E-state index in [2.05, 4.69) is 4.74 Å². The summed E-state index contributed by atoms with van der Waals surface area (Å²) >= 11 is 0. The van der Waals surface area contributed by atoms with Crippen LogP contribution < -0.4 is 0 Å². The Morgan fingerprint density at radius 3 is 2.00 bits per heavy atom. The molecule has 2 fully saturated rings. The Hall–Kier alpha value is -1.02. The summed E-state index contributed by atoms with van der Waals surface area (Å²) < 4.78 is 93.3. The number of rotatable bonds is 5. The first-order chi connectivity index (χ1) is 10.8. The standard InChI is InChI=1S/C15H19F7O2/c1-7-8(2)10-3-9(7)4-11(10)12(23)24-6-14(18,19)13(16,17)5-15(20,21)22/h7-11H,3-6H2,1-2H3. The highest BCUT2D eigenvalue weighted by Gasteiger charge is 2.62. The van der Waals surface area contributed by atoms with Crippen LogP contribution in [0.1, 0.15) is 33.1 Å². The molecule has 0 heterocycles. The van der Waals surface area contributed by atoms with Crippen molar-refractivity contribution in [3.8, 4) is 0 Å². The molecule has 0 aromatic carbocycles. The Kier molecular flexibility index (Phi) is 4.87. The first-order valence-electron chi connectivity index (χ1n) is 7.74. The Morgan fingerprint density at radius 1 is 0.958 bits per heavy atom. The van der Waals surface area contributed by atoms with Gasteiger partial charge in [0.05, 0.1) is 5.92 Å². The van der Waals surface area contributed by atoms with Crippen LogP contribution in [0.25, 0.3) is 0 Å². The van der Waals surface area contributed by atoms with E-state index in [1.165, 1.54) is 0 Å². The number of hydrogen-bond acceptors (Lipinski definition) is 2. The van der Waals surface area contributed by atoms with Crippen LogP contribution in [-0.4, -0.2) is 30.6 Å². The zero-order valence-corrected chi connectivity index (χ0v) is 13.2. The quantitative estimate of drug-likeness (QED) is 0.523. The molecule has 0 spiro atoms. The maximum Gasteiger partial charge on any atom is 0.395 e. The first kappa shape index (κ1) is 19.3. The molecule has 0 amide bonds. The van der Waals surface area contributed by atoms with Crippen molar-refractivity contribution in [3.05, 3.63) is 0 Å². The molecule has 0 radical (unpaired) electrons. The summed E-state index contributed by atoms with van der Waals surface area (Å²) in [6.45, 7) is 1.91. The molecule has 2 saturated carbocycles. The lowest BCUT2D eigenvalue weighted by Gasteiger charge is -2.31. The van der Waals surface area contributed by atoms with E-state index in [4.69, 9.17) is 0 Å². The molecule has 140 valence electrons. The lowest BCUT2D eigenvalue weighted by atomic mass is 9.76. The smallest absolute Gasteiger partial charge is 0.395 e. The molecule has 2 aliphatic rings. The Balaban J connectivity index is 1.94. The van der Waals surface area contributed by atoms with Crippen molar-refractivity contribution >= 4 is 5.97 Å². The average Bonchev–Trinajstić information content (AvgIpc) is 2.94. The van der Waals surface area contributed by atoms with Gasteiger partial charge in [-0.25, -0.2) is 0 Å². The summed E-state index contributed by atoms with van der Waals surface area (Å²) in [6, 6.07) is 0. The number of fused-ring (bicyclic) bond motifs is 2. The summed E-state index contributed by atoms with van der Waals surface area (Å²) in [5, 5.41) is 0. The van der Waals surface area contributed by atoms with Gasteiger partial charge >= 0.3 is 24.0 Å². The second-order valence-corrected chi connectivity index (χ2v) is 7.03. The van der Waals surface area contributed by atoms with Crippen molar-refractivity contribution < 1.29 is 40.3 Å². The normalized spacial score (nSPS) is 33.8. The van der Waals surface area contributed by atoms with E-state index < -0.39 is 42.9 Å². The van der Waals surface area contributed by atoms with Crippen LogP contribution in [-0.2, 0) is 9.53 Å². The lowest BCUT2D eigenvalue weighted by molar-refractivity contribution is -0.274. The van der Waals surface area contributed by atoms with E-state index in [9.17, 15) is 35.5 Å². The van der Waals surface area contributed by atoms with Crippen LogP contribution >= 0.6 is 0 Å². The van der Waals surface area contributed by atoms with Gasteiger partial charge in [-0.15, -0.1) is 0 Å². The summed E-state index contributed by atoms with van der Waals surface area (Å²) in [4.78, 5) is 11.9. The van der Waals surface area contributed by atoms with Crippen molar-refractivity contribution in [2.45, 2.75) is 51.1 Å². The highest BCUT2D eigenvalue weighted by atomic mass is 19.4. The monoisotopic (exact) mass is 364 g/mol. The molecule has 5 atom stereocenters. The van der Waals surface area contributed by atoms with Gasteiger partial charge in [-0.2, -0.15) is 30.7 Å². The van der Waals surface area contributed by atoms with Gasteiger partial charge in [0.2, 0.25) is 0 Å². The van der Waals surface area contributed by atoms with Crippen molar-refractivity contribution in [1.82, 2.24) is 0 Å². The molecular weight excluding hydrogens is 345 g/mol. The highest BCUT2D eigenvalue weighted by molar-refractivity contribution is 5.73. The minimum absolute atomic E-state index is 0.0539. The minimum atomic E-state index is -5.45. The highest BCUT2D eigenvalue weighted by Crippen LogP contribution is 2.55. The number of esters is 1. The fraction of sp³-hybridized carbons (Fsp3) is 0.933. The molecule has 24 heavy (non-hydrogen) atoms. The van der Waals surface area contributed by atoms with Crippen LogP contribution in [0.3, 0.4) is 0 Å². The molecule has 5 unspecified atom stereocenters. The van der Waals surface area contributed by atoms with Gasteiger partial charge in [0.25, 0.3) is 0 Å². The van der Waals surface area contributed by atoms with Crippen LogP contribution in [0, 0.1) is 29.6 Å². The maximum atomic E-state index is 13.4. The Bertz CT molecular complexity index is 487. The average molecular weight is 364 g/mol. The fourth-order valence-electron chi connectivity index (χ4n) is 3.97. The molecule has 0 N–H and O–H groups in total. The van der Waals surface area contributed by atoms with E-state index in [-0.39, 0.29) is 17.8 Å². The Morgan fingerprint density at radius 2 is 1.54 bits per heavy atom. The van der Waals surface area contributed by atoms with Gasteiger partial charge in [-0.3, -0.25) is 4.79 Å². The van der Waals surface area contributed by atoms with Gasteiger partial charge in [0.1, 0.15) is 6.42 Å². The largest absolute Gasteiger partial charge is 0.459 e. The molecule has 0 saturated heterocycles. The van der Waals surface area contributed by atoms with E-state index in [1.807, 2.05) is 13.8 Å². The molecule has 2 nitrogen and oxygen atoms in total. The van der Waals surface area contributed by atoms with E-state index in [0.717, 1.165) is 6.42 Å². The first-order valence-corrected chi connectivity index (χ1v) is 7.74. The molecule has 0 aliphatic heterocycles. The van der Waals surface area contributed by atoms with Gasteiger partial charge in [0.15, 0.2) is 6.61 Å². The summed E-state index contributed by atoms with van der Waals surface area (Å²) in [7, 11) is 0. The van der Waals surface area contributed by atoms with Gasteiger partial charge in [-0.05, 0) is 36.5 Å². The fourth-order valence-corrected chi connectivity index (χ4v) is 3.97. The summed E-state index contributed by atoms with van der Waals surface area (Å²) in [6.07, 6.45) is -7.22. The molecular formula is C15H19F7O2. The van der Waals surface area contributed by atoms with E-state index >= 15 is 0 Å². The zero-order chi connectivity index (χ0) is 18.5. The third-order valence-electron chi connectivity index (χ3n) is 5.55. The number of carbonyl (C=O) groups excluding carboxylic acids is 1. The minimum Gasteiger partial charge on any atom is -0.459 e. The molecule has 2 rings (SSSR count). The van der Waals surface area contributed by atoms with Gasteiger partial charge in [-0.1, -0.05) is 13.8 Å². The van der Waals surface area contributed by atoms with Crippen molar-refractivity contribution in [2.24, 2.45) is 29.6 Å². The van der Waals surface area contributed by atoms with Crippen LogP contribution in [0.2, 0.25) is 0 Å². The van der Waals surface area contributed by atoms with Crippen LogP contribution in [0.5, 0.6) is 0 Å². The number of ether oxygens (including phenoxy) is 1. The second-order valence-electron chi connectivity index (χ2n) is 7.03. The zero-order valence-electron chi connectivity index (χ0n) is 13.2. The van der Waals surface area contributed by atoms with Gasteiger partial charge < -0.3 is 4.74 Å². The molecule has 2 aliphatic carbocycles. The summed E-state index contributed by atoms with van der Waals surface area (Å²) in [5.74, 6) is -11.3. The van der Waals surface area contributed by atoms with Gasteiger partial charge in [0, 0.05) is 0 Å². The van der Waals surface area contributed by atoms with E-state index in [0.29, 0.717) is 12.3 Å². The van der Waals surface area contributed by atoms with Crippen molar-refractivity contribution in [2.75, 3.05) is 6.61 Å². The summed E-state index contributed by atoms with van der Waals surface area (Å²) in [5.41, 5.74) is 0. The Labute approximate surface area is 134 Å².